The van der Waals surface area contributed by atoms with Gasteiger partial charge in [0.1, 0.15) is 0 Å². The van der Waals surface area contributed by atoms with Gasteiger partial charge in [0.15, 0.2) is 0 Å². The van der Waals surface area contributed by atoms with Gasteiger partial charge in [-0.2, -0.15) is 0 Å². The molecule has 0 aromatic rings. The number of carbonyl (C=O) groups excluding carboxylic acids is 1. The van der Waals surface area contributed by atoms with Crippen LogP contribution in [0, 0.1) is 17.3 Å². The van der Waals surface area contributed by atoms with E-state index < -0.39 is 0 Å². The summed E-state index contributed by atoms with van der Waals surface area (Å²) in [5.74, 6) is 1.35. The minimum absolute atomic E-state index is 0.205. The van der Waals surface area contributed by atoms with Crippen molar-refractivity contribution in [1.82, 2.24) is 10.2 Å². The van der Waals surface area contributed by atoms with Crippen molar-refractivity contribution in [3.63, 3.8) is 0 Å². The second-order valence-electron chi connectivity index (χ2n) is 6.78. The van der Waals surface area contributed by atoms with Crippen LogP contribution in [-0.2, 0) is 4.79 Å². The van der Waals surface area contributed by atoms with Crippen molar-refractivity contribution in [2.45, 2.75) is 46.0 Å². The normalized spacial score (nSPS) is 31.6. The van der Waals surface area contributed by atoms with Crippen LogP contribution in [0.4, 0.5) is 0 Å². The lowest BCUT2D eigenvalue weighted by Gasteiger charge is -2.39. The molecule has 1 amide bonds. The Morgan fingerprint density at radius 1 is 1.33 bits per heavy atom. The Balaban J connectivity index is 1.95. The van der Waals surface area contributed by atoms with Gasteiger partial charge in [0.05, 0.1) is 0 Å². The minimum atomic E-state index is 0.205. The van der Waals surface area contributed by atoms with Gasteiger partial charge in [-0.1, -0.05) is 26.7 Å². The third kappa shape index (κ3) is 2.87. The van der Waals surface area contributed by atoms with Crippen molar-refractivity contribution < 1.29 is 4.79 Å². The Morgan fingerprint density at radius 3 is 2.78 bits per heavy atom. The molecule has 2 rings (SSSR count). The van der Waals surface area contributed by atoms with Gasteiger partial charge in [0.2, 0.25) is 5.91 Å². The third-order valence-corrected chi connectivity index (χ3v) is 4.90. The number of likely N-dealkylation sites (tertiary alicyclic amines) is 1. The third-order valence-electron chi connectivity index (χ3n) is 4.90. The van der Waals surface area contributed by atoms with Crippen LogP contribution in [0.15, 0.2) is 0 Å². The van der Waals surface area contributed by atoms with Gasteiger partial charge in [-0.15, -0.1) is 0 Å². The number of carbonyl (C=O) groups is 1. The van der Waals surface area contributed by atoms with Crippen LogP contribution < -0.4 is 5.32 Å². The zero-order valence-electron chi connectivity index (χ0n) is 12.2. The maximum atomic E-state index is 12.7. The molecule has 2 atom stereocenters. The van der Waals surface area contributed by atoms with Crippen molar-refractivity contribution in [3.8, 4) is 0 Å². The summed E-state index contributed by atoms with van der Waals surface area (Å²) in [6, 6.07) is 0. The zero-order chi connectivity index (χ0) is 13.2. The molecule has 104 valence electrons. The van der Waals surface area contributed by atoms with E-state index in [1.807, 2.05) is 7.05 Å². The van der Waals surface area contributed by atoms with E-state index in [0.717, 1.165) is 26.1 Å². The number of nitrogens with one attached hydrogen (secondary N) is 1. The summed E-state index contributed by atoms with van der Waals surface area (Å²) in [5, 5.41) is 3.23. The van der Waals surface area contributed by atoms with Gasteiger partial charge in [0, 0.05) is 19.0 Å². The molecule has 3 nitrogen and oxygen atoms in total. The molecule has 0 bridgehead atoms. The van der Waals surface area contributed by atoms with Gasteiger partial charge in [0.25, 0.3) is 0 Å². The molecule has 0 radical (unpaired) electrons. The lowest BCUT2D eigenvalue weighted by atomic mass is 9.68. The highest BCUT2D eigenvalue weighted by atomic mass is 16.2. The second kappa shape index (κ2) is 5.60. The molecular weight excluding hydrogens is 224 g/mol. The van der Waals surface area contributed by atoms with Crippen LogP contribution in [0.5, 0.6) is 0 Å². The minimum Gasteiger partial charge on any atom is -0.342 e. The van der Waals surface area contributed by atoms with Crippen LogP contribution in [0.25, 0.3) is 0 Å². The maximum Gasteiger partial charge on any atom is 0.226 e. The van der Waals surface area contributed by atoms with E-state index in [1.54, 1.807) is 0 Å². The number of amides is 1. The quantitative estimate of drug-likeness (QED) is 0.835. The molecule has 1 aliphatic carbocycles. The van der Waals surface area contributed by atoms with E-state index in [-0.39, 0.29) is 11.3 Å². The molecule has 1 saturated heterocycles. The van der Waals surface area contributed by atoms with Gasteiger partial charge < -0.3 is 10.2 Å². The topological polar surface area (TPSA) is 32.3 Å². The van der Waals surface area contributed by atoms with Crippen molar-refractivity contribution in [3.05, 3.63) is 0 Å². The number of hydrogen-bond acceptors (Lipinski definition) is 2. The first kappa shape index (κ1) is 13.9. The standard InChI is InChI=1S/C15H28N2O/c1-15(2)8-5-4-6-13(15)14(18)17-9-7-12(11-17)10-16-3/h12-13,16H,4-11H2,1-3H3. The van der Waals surface area contributed by atoms with Crippen molar-refractivity contribution in [1.29, 1.82) is 0 Å². The van der Waals surface area contributed by atoms with Crippen LogP contribution in [0.1, 0.15) is 46.0 Å². The molecule has 1 heterocycles. The SMILES string of the molecule is CNCC1CCN(C(=O)C2CCCCC2(C)C)C1. The number of rotatable bonds is 3. The highest BCUT2D eigenvalue weighted by Gasteiger charge is 2.40. The molecule has 18 heavy (non-hydrogen) atoms. The van der Waals surface area contributed by atoms with Crippen molar-refractivity contribution in [2.24, 2.45) is 17.3 Å². The lowest BCUT2D eigenvalue weighted by molar-refractivity contribution is -0.140. The summed E-state index contributed by atoms with van der Waals surface area (Å²) in [6.45, 7) is 7.52. The molecule has 2 unspecified atom stereocenters. The summed E-state index contributed by atoms with van der Waals surface area (Å²) in [6.07, 6.45) is 5.99. The molecule has 0 aromatic heterocycles. The maximum absolute atomic E-state index is 12.7. The van der Waals surface area contributed by atoms with Crippen LogP contribution in [0.3, 0.4) is 0 Å². The smallest absolute Gasteiger partial charge is 0.226 e. The van der Waals surface area contributed by atoms with Crippen LogP contribution in [0.2, 0.25) is 0 Å². The molecular formula is C15H28N2O. The molecule has 0 aromatic carbocycles. The van der Waals surface area contributed by atoms with Crippen molar-refractivity contribution >= 4 is 5.91 Å². The summed E-state index contributed by atoms with van der Waals surface area (Å²) in [7, 11) is 1.99. The Kier molecular flexibility index (Phi) is 4.31. The fourth-order valence-electron chi connectivity index (χ4n) is 3.66. The van der Waals surface area contributed by atoms with E-state index in [0.29, 0.717) is 11.8 Å². The predicted molar refractivity (Wildman–Crippen MR) is 74.4 cm³/mol. The lowest BCUT2D eigenvalue weighted by Crippen LogP contribution is -2.43. The second-order valence-corrected chi connectivity index (χ2v) is 6.78. The van der Waals surface area contributed by atoms with Crippen LogP contribution >= 0.6 is 0 Å². The van der Waals surface area contributed by atoms with Crippen molar-refractivity contribution in [2.75, 3.05) is 26.7 Å². The first-order valence-electron chi connectivity index (χ1n) is 7.48. The van der Waals surface area contributed by atoms with Gasteiger partial charge in [-0.25, -0.2) is 0 Å². The molecule has 1 saturated carbocycles. The van der Waals surface area contributed by atoms with E-state index in [9.17, 15) is 4.79 Å². The Morgan fingerprint density at radius 2 is 2.11 bits per heavy atom. The average molecular weight is 252 g/mol. The number of hydrogen-bond donors (Lipinski definition) is 1. The fourth-order valence-corrected chi connectivity index (χ4v) is 3.66. The Hall–Kier alpha value is -0.570. The van der Waals surface area contributed by atoms with Gasteiger partial charge >= 0.3 is 0 Å². The van der Waals surface area contributed by atoms with E-state index in [2.05, 4.69) is 24.1 Å². The Bertz CT molecular complexity index is 301. The largest absolute Gasteiger partial charge is 0.342 e. The fraction of sp³-hybridized carbons (Fsp3) is 0.933. The molecule has 1 aliphatic heterocycles. The molecule has 1 N–H and O–H groups in total. The Labute approximate surface area is 111 Å². The highest BCUT2D eigenvalue weighted by molar-refractivity contribution is 5.80. The first-order chi connectivity index (χ1) is 8.54. The highest BCUT2D eigenvalue weighted by Crippen LogP contribution is 2.41. The van der Waals surface area contributed by atoms with Crippen LogP contribution in [-0.4, -0.2) is 37.5 Å². The average Bonchev–Trinajstić information content (AvgIpc) is 2.77. The molecule has 2 fully saturated rings. The monoisotopic (exact) mass is 252 g/mol. The summed E-state index contributed by atoms with van der Waals surface area (Å²) in [5.41, 5.74) is 0.205. The zero-order valence-corrected chi connectivity index (χ0v) is 12.2. The predicted octanol–water partition coefficient (Wildman–Crippen LogP) is 2.27. The summed E-state index contributed by atoms with van der Waals surface area (Å²) < 4.78 is 0. The summed E-state index contributed by atoms with van der Waals surface area (Å²) >= 11 is 0. The molecule has 0 spiro atoms. The summed E-state index contributed by atoms with van der Waals surface area (Å²) in [4.78, 5) is 14.8. The van der Waals surface area contributed by atoms with Gasteiger partial charge in [-0.3, -0.25) is 4.79 Å². The first-order valence-corrected chi connectivity index (χ1v) is 7.48. The van der Waals surface area contributed by atoms with E-state index in [1.165, 1.54) is 25.7 Å². The van der Waals surface area contributed by atoms with E-state index >= 15 is 0 Å². The van der Waals surface area contributed by atoms with Gasteiger partial charge in [-0.05, 0) is 44.2 Å². The molecule has 2 aliphatic rings. The van der Waals surface area contributed by atoms with E-state index in [4.69, 9.17) is 0 Å². The number of nitrogens with zero attached hydrogens (tertiary/aromatic N) is 1. The molecule has 3 heteroatoms.